The molecule has 102 valence electrons. The van der Waals surface area contributed by atoms with Gasteiger partial charge in [0.25, 0.3) is 0 Å². The molecule has 0 fully saturated rings. The zero-order valence-corrected chi connectivity index (χ0v) is 12.3. The van der Waals surface area contributed by atoms with Crippen LogP contribution in [0.5, 0.6) is 0 Å². The van der Waals surface area contributed by atoms with Crippen LogP contribution in [0.25, 0.3) is 21.6 Å². The number of thiophene rings is 1. The smallest absolute Gasteiger partial charge is 0.129 e. The van der Waals surface area contributed by atoms with Crippen molar-refractivity contribution in [1.82, 2.24) is 4.98 Å². The molecule has 0 bridgehead atoms. The lowest BCUT2D eigenvalue weighted by molar-refractivity contribution is 1.33. The molecule has 0 aliphatic rings. The third-order valence-electron chi connectivity index (χ3n) is 3.30. The molecule has 2 aromatic heterocycles. The molecule has 0 aliphatic heterocycles. The number of anilines is 1. The first-order valence-electron chi connectivity index (χ1n) is 6.50. The van der Waals surface area contributed by atoms with Gasteiger partial charge >= 0.3 is 0 Å². The summed E-state index contributed by atoms with van der Waals surface area (Å²) in [7, 11) is 0. The molecular weight excluding hydrogens is 278 g/mol. The first kappa shape index (κ1) is 13.3. The maximum atomic E-state index is 9.27. The molecule has 3 rings (SSSR count). The summed E-state index contributed by atoms with van der Waals surface area (Å²) in [5.41, 5.74) is 10.9. The Morgan fingerprint density at radius 3 is 2.57 bits per heavy atom. The van der Waals surface area contributed by atoms with Crippen molar-refractivity contribution < 1.29 is 0 Å². The Balaban J connectivity index is 2.29. The van der Waals surface area contributed by atoms with E-state index in [0.29, 0.717) is 10.6 Å². The van der Waals surface area contributed by atoms with E-state index in [9.17, 15) is 5.26 Å². The fraction of sp³-hybridized carbons (Fsp3) is 0.0588. The van der Waals surface area contributed by atoms with Crippen LogP contribution < -0.4 is 5.73 Å². The first-order valence-corrected chi connectivity index (χ1v) is 7.32. The summed E-state index contributed by atoms with van der Waals surface area (Å²) in [6.45, 7) is 2.05. The van der Waals surface area contributed by atoms with Gasteiger partial charge < -0.3 is 5.73 Å². The zero-order chi connectivity index (χ0) is 14.8. The highest BCUT2D eigenvalue weighted by molar-refractivity contribution is 7.17. The predicted octanol–water partition coefficient (Wildman–Crippen LogP) is 4.24. The summed E-state index contributed by atoms with van der Waals surface area (Å²) in [4.78, 5) is 5.62. The fourth-order valence-electron chi connectivity index (χ4n) is 2.32. The van der Waals surface area contributed by atoms with Gasteiger partial charge in [-0.25, -0.2) is 0 Å². The van der Waals surface area contributed by atoms with Gasteiger partial charge in [0.05, 0.1) is 5.69 Å². The monoisotopic (exact) mass is 291 g/mol. The van der Waals surface area contributed by atoms with E-state index in [4.69, 9.17) is 5.73 Å². The number of aryl methyl sites for hydroxylation is 1. The maximum absolute atomic E-state index is 9.27. The quantitative estimate of drug-likeness (QED) is 0.768. The second-order valence-electron chi connectivity index (χ2n) is 4.77. The van der Waals surface area contributed by atoms with Crippen LogP contribution in [0.4, 0.5) is 5.69 Å². The summed E-state index contributed by atoms with van der Waals surface area (Å²) >= 11 is 1.44. The molecule has 0 spiro atoms. The number of hydrogen-bond donors (Lipinski definition) is 1. The van der Waals surface area contributed by atoms with E-state index < -0.39 is 0 Å². The van der Waals surface area contributed by atoms with Gasteiger partial charge in [0, 0.05) is 22.8 Å². The SMILES string of the molecule is Cc1cccc(-c2sc(C#N)c(N)c2-c2ccncc2)c1. The summed E-state index contributed by atoms with van der Waals surface area (Å²) in [6, 6.07) is 14.2. The van der Waals surface area contributed by atoms with Crippen LogP contribution in [0.1, 0.15) is 10.4 Å². The number of benzene rings is 1. The predicted molar refractivity (Wildman–Crippen MR) is 86.9 cm³/mol. The Morgan fingerprint density at radius 2 is 1.90 bits per heavy atom. The second-order valence-corrected chi connectivity index (χ2v) is 5.79. The summed E-state index contributed by atoms with van der Waals surface area (Å²) in [5, 5.41) is 9.27. The van der Waals surface area contributed by atoms with Crippen molar-refractivity contribution in [3.8, 4) is 27.6 Å². The van der Waals surface area contributed by atoms with E-state index in [0.717, 1.165) is 21.6 Å². The van der Waals surface area contributed by atoms with Gasteiger partial charge in [-0.3, -0.25) is 4.98 Å². The summed E-state index contributed by atoms with van der Waals surface area (Å²) in [6.07, 6.45) is 3.47. The molecule has 0 amide bonds. The third-order valence-corrected chi connectivity index (χ3v) is 4.46. The molecule has 0 unspecified atom stereocenters. The molecule has 2 N–H and O–H groups in total. The van der Waals surface area contributed by atoms with E-state index in [-0.39, 0.29) is 0 Å². The number of nitrogens with two attached hydrogens (primary N) is 1. The standard InChI is InChI=1S/C17H13N3S/c1-11-3-2-4-13(9-11)17-15(12-5-7-20-8-6-12)16(19)14(10-18)21-17/h2-9H,19H2,1H3. The summed E-state index contributed by atoms with van der Waals surface area (Å²) in [5.74, 6) is 0. The van der Waals surface area contributed by atoms with Crippen LogP contribution >= 0.6 is 11.3 Å². The second kappa shape index (κ2) is 5.39. The molecule has 3 aromatic rings. The molecule has 0 atom stereocenters. The van der Waals surface area contributed by atoms with Crippen LogP contribution in [-0.2, 0) is 0 Å². The van der Waals surface area contributed by atoms with Crippen LogP contribution in [0, 0.1) is 18.3 Å². The van der Waals surface area contributed by atoms with Crippen LogP contribution in [0.2, 0.25) is 0 Å². The van der Waals surface area contributed by atoms with Crippen molar-refractivity contribution in [1.29, 1.82) is 5.26 Å². The fourth-order valence-corrected chi connectivity index (χ4v) is 3.36. The minimum absolute atomic E-state index is 0.546. The van der Waals surface area contributed by atoms with Gasteiger partial charge in [-0.2, -0.15) is 5.26 Å². The Morgan fingerprint density at radius 1 is 1.14 bits per heavy atom. The van der Waals surface area contributed by atoms with Crippen molar-refractivity contribution in [3.05, 3.63) is 59.2 Å². The number of nitrogens with zero attached hydrogens (tertiary/aromatic N) is 2. The minimum atomic E-state index is 0.546. The molecule has 0 saturated carbocycles. The summed E-state index contributed by atoms with van der Waals surface area (Å²) < 4.78 is 0. The van der Waals surface area contributed by atoms with E-state index >= 15 is 0 Å². The lowest BCUT2D eigenvalue weighted by atomic mass is 10.0. The Hall–Kier alpha value is -2.64. The van der Waals surface area contributed by atoms with Crippen molar-refractivity contribution in [2.75, 3.05) is 5.73 Å². The number of aromatic nitrogens is 1. The van der Waals surface area contributed by atoms with Gasteiger partial charge in [-0.05, 0) is 30.2 Å². The number of nitrogen functional groups attached to an aromatic ring is 1. The molecule has 3 nitrogen and oxygen atoms in total. The van der Waals surface area contributed by atoms with Gasteiger partial charge in [-0.1, -0.05) is 29.8 Å². The molecule has 0 radical (unpaired) electrons. The molecule has 0 saturated heterocycles. The van der Waals surface area contributed by atoms with Crippen LogP contribution in [0.3, 0.4) is 0 Å². The number of hydrogen-bond acceptors (Lipinski definition) is 4. The Kier molecular flexibility index (Phi) is 3.43. The van der Waals surface area contributed by atoms with Gasteiger partial charge in [0.15, 0.2) is 0 Å². The number of nitriles is 1. The first-order chi connectivity index (χ1) is 10.2. The highest BCUT2D eigenvalue weighted by Gasteiger charge is 2.18. The molecule has 2 heterocycles. The van der Waals surface area contributed by atoms with E-state index in [1.54, 1.807) is 12.4 Å². The largest absolute Gasteiger partial charge is 0.396 e. The van der Waals surface area contributed by atoms with Crippen LogP contribution in [-0.4, -0.2) is 4.98 Å². The van der Waals surface area contributed by atoms with E-state index in [1.807, 2.05) is 24.3 Å². The van der Waals surface area contributed by atoms with E-state index in [2.05, 4.69) is 30.1 Å². The highest BCUT2D eigenvalue weighted by Crippen LogP contribution is 2.44. The lowest BCUT2D eigenvalue weighted by Crippen LogP contribution is -1.89. The average molecular weight is 291 g/mol. The molecule has 21 heavy (non-hydrogen) atoms. The van der Waals surface area contributed by atoms with Gasteiger partial charge in [0.1, 0.15) is 10.9 Å². The topological polar surface area (TPSA) is 62.7 Å². The molecule has 4 heteroatoms. The maximum Gasteiger partial charge on any atom is 0.129 e. The van der Waals surface area contributed by atoms with Gasteiger partial charge in [-0.15, -0.1) is 11.3 Å². The lowest BCUT2D eigenvalue weighted by Gasteiger charge is -2.06. The normalized spacial score (nSPS) is 10.3. The Bertz CT molecular complexity index is 829. The highest BCUT2D eigenvalue weighted by atomic mass is 32.1. The van der Waals surface area contributed by atoms with Crippen molar-refractivity contribution in [3.63, 3.8) is 0 Å². The average Bonchev–Trinajstić information content (AvgIpc) is 2.85. The zero-order valence-electron chi connectivity index (χ0n) is 11.5. The number of pyridine rings is 1. The molecule has 0 aliphatic carbocycles. The van der Waals surface area contributed by atoms with Crippen molar-refractivity contribution in [2.24, 2.45) is 0 Å². The number of rotatable bonds is 2. The van der Waals surface area contributed by atoms with Crippen LogP contribution in [0.15, 0.2) is 48.8 Å². The molecular formula is C17H13N3S. The van der Waals surface area contributed by atoms with Crippen molar-refractivity contribution in [2.45, 2.75) is 6.92 Å². The van der Waals surface area contributed by atoms with Crippen molar-refractivity contribution >= 4 is 17.0 Å². The van der Waals surface area contributed by atoms with E-state index in [1.165, 1.54) is 16.9 Å². The molecule has 1 aromatic carbocycles. The minimum Gasteiger partial charge on any atom is -0.396 e. The third kappa shape index (κ3) is 2.39. The van der Waals surface area contributed by atoms with Gasteiger partial charge in [0.2, 0.25) is 0 Å². The Labute approximate surface area is 127 Å².